The minimum Gasteiger partial charge on any atom is -0.378 e. The Morgan fingerprint density at radius 3 is 2.43 bits per heavy atom. The molecule has 0 spiro atoms. The molecular formula is C20H17F3N4O. The number of rotatable bonds is 3. The molecule has 0 aliphatic carbocycles. The summed E-state index contributed by atoms with van der Waals surface area (Å²) in [5, 5.41) is 0. The number of nitrogens with zero attached hydrogens (tertiary/aromatic N) is 4. The summed E-state index contributed by atoms with van der Waals surface area (Å²) >= 11 is 0. The van der Waals surface area contributed by atoms with Crippen molar-refractivity contribution in [3.05, 3.63) is 60.4 Å². The van der Waals surface area contributed by atoms with Gasteiger partial charge < -0.3 is 9.64 Å². The SMILES string of the molecule is FC(F)(F)c1cccc(-c2cc(N3CCOCC3)nc(-c3cccnc3)n2)c1. The first-order chi connectivity index (χ1) is 13.5. The van der Waals surface area contributed by atoms with Gasteiger partial charge in [0.25, 0.3) is 0 Å². The normalized spacial score (nSPS) is 14.9. The third-order valence-corrected chi connectivity index (χ3v) is 4.45. The molecule has 4 rings (SSSR count). The van der Waals surface area contributed by atoms with E-state index in [0.717, 1.165) is 12.1 Å². The smallest absolute Gasteiger partial charge is 0.378 e. The van der Waals surface area contributed by atoms with Crippen LogP contribution in [-0.4, -0.2) is 41.3 Å². The predicted octanol–water partition coefficient (Wildman–Crippen LogP) is 4.06. The molecule has 1 fully saturated rings. The number of hydrogen-bond donors (Lipinski definition) is 0. The number of aromatic nitrogens is 3. The predicted molar refractivity (Wildman–Crippen MR) is 98.7 cm³/mol. The highest BCUT2D eigenvalue weighted by Crippen LogP contribution is 2.33. The Bertz CT molecular complexity index is 957. The molecule has 1 aromatic carbocycles. The molecule has 0 unspecified atom stereocenters. The highest BCUT2D eigenvalue weighted by Gasteiger charge is 2.30. The second-order valence-corrected chi connectivity index (χ2v) is 6.35. The summed E-state index contributed by atoms with van der Waals surface area (Å²) in [6.07, 6.45) is -1.14. The van der Waals surface area contributed by atoms with Crippen LogP contribution in [0.4, 0.5) is 19.0 Å². The highest BCUT2D eigenvalue weighted by atomic mass is 19.4. The molecule has 8 heteroatoms. The van der Waals surface area contributed by atoms with E-state index in [-0.39, 0.29) is 0 Å². The maximum atomic E-state index is 13.1. The van der Waals surface area contributed by atoms with Gasteiger partial charge >= 0.3 is 6.18 Å². The molecule has 0 N–H and O–H groups in total. The van der Waals surface area contributed by atoms with Crippen molar-refractivity contribution in [1.29, 1.82) is 0 Å². The van der Waals surface area contributed by atoms with E-state index in [1.54, 1.807) is 30.6 Å². The van der Waals surface area contributed by atoms with Crippen LogP contribution in [0.5, 0.6) is 0 Å². The lowest BCUT2D eigenvalue weighted by Crippen LogP contribution is -2.36. The minimum absolute atomic E-state index is 0.386. The van der Waals surface area contributed by atoms with Crippen molar-refractivity contribution in [3.63, 3.8) is 0 Å². The molecule has 1 aliphatic rings. The van der Waals surface area contributed by atoms with Crippen LogP contribution in [0, 0.1) is 0 Å². The highest BCUT2D eigenvalue weighted by molar-refractivity contribution is 5.68. The van der Waals surface area contributed by atoms with Crippen LogP contribution in [0.25, 0.3) is 22.6 Å². The molecular weight excluding hydrogens is 369 g/mol. The molecule has 0 radical (unpaired) electrons. The Hall–Kier alpha value is -3.00. The van der Waals surface area contributed by atoms with Crippen LogP contribution < -0.4 is 4.90 Å². The van der Waals surface area contributed by atoms with Crippen molar-refractivity contribution in [2.45, 2.75) is 6.18 Å². The molecule has 3 aromatic rings. The molecule has 2 aromatic heterocycles. The average molecular weight is 386 g/mol. The van der Waals surface area contributed by atoms with Crippen molar-refractivity contribution < 1.29 is 17.9 Å². The average Bonchev–Trinajstić information content (AvgIpc) is 2.74. The van der Waals surface area contributed by atoms with E-state index >= 15 is 0 Å². The number of alkyl halides is 3. The van der Waals surface area contributed by atoms with Gasteiger partial charge in [-0.2, -0.15) is 13.2 Å². The molecule has 5 nitrogen and oxygen atoms in total. The van der Waals surface area contributed by atoms with Gasteiger partial charge in [-0.05, 0) is 24.3 Å². The van der Waals surface area contributed by atoms with E-state index in [0.29, 0.717) is 54.8 Å². The van der Waals surface area contributed by atoms with Gasteiger partial charge in [0, 0.05) is 42.7 Å². The molecule has 28 heavy (non-hydrogen) atoms. The van der Waals surface area contributed by atoms with Crippen molar-refractivity contribution in [3.8, 4) is 22.6 Å². The fourth-order valence-corrected chi connectivity index (χ4v) is 3.02. The first kappa shape index (κ1) is 18.4. The number of halogens is 3. The minimum atomic E-state index is -4.41. The van der Waals surface area contributed by atoms with Crippen LogP contribution >= 0.6 is 0 Å². The molecule has 0 bridgehead atoms. The van der Waals surface area contributed by atoms with Crippen LogP contribution in [0.2, 0.25) is 0 Å². The van der Waals surface area contributed by atoms with Crippen LogP contribution in [-0.2, 0) is 10.9 Å². The Kier molecular flexibility index (Phi) is 4.95. The standard InChI is InChI=1S/C20H17F3N4O/c21-20(22,23)16-5-1-3-14(11-16)17-12-18(27-7-9-28-10-8-27)26-19(25-17)15-4-2-6-24-13-15/h1-6,11-13H,7-10H2. The van der Waals surface area contributed by atoms with Crippen molar-refractivity contribution >= 4 is 5.82 Å². The lowest BCUT2D eigenvalue weighted by atomic mass is 10.1. The number of anilines is 1. The fourth-order valence-electron chi connectivity index (χ4n) is 3.02. The first-order valence-corrected chi connectivity index (χ1v) is 8.80. The zero-order valence-electron chi connectivity index (χ0n) is 14.9. The molecule has 0 atom stereocenters. The quantitative estimate of drug-likeness (QED) is 0.680. The van der Waals surface area contributed by atoms with Gasteiger partial charge in [-0.25, -0.2) is 9.97 Å². The Balaban J connectivity index is 1.82. The molecule has 1 aliphatic heterocycles. The molecule has 144 valence electrons. The molecule has 1 saturated heterocycles. The van der Waals surface area contributed by atoms with E-state index in [1.165, 1.54) is 6.07 Å². The second-order valence-electron chi connectivity index (χ2n) is 6.35. The number of benzene rings is 1. The largest absolute Gasteiger partial charge is 0.416 e. The monoisotopic (exact) mass is 386 g/mol. The van der Waals surface area contributed by atoms with Gasteiger partial charge in [0.15, 0.2) is 5.82 Å². The Morgan fingerprint density at radius 2 is 1.71 bits per heavy atom. The van der Waals surface area contributed by atoms with E-state index in [2.05, 4.69) is 15.0 Å². The zero-order valence-corrected chi connectivity index (χ0v) is 14.9. The summed E-state index contributed by atoms with van der Waals surface area (Å²) in [7, 11) is 0. The van der Waals surface area contributed by atoms with Gasteiger partial charge in [0.1, 0.15) is 5.82 Å². The van der Waals surface area contributed by atoms with E-state index in [4.69, 9.17) is 4.74 Å². The zero-order chi connectivity index (χ0) is 19.6. The second kappa shape index (κ2) is 7.55. The Labute approximate surface area is 159 Å². The maximum Gasteiger partial charge on any atom is 0.416 e. The topological polar surface area (TPSA) is 51.1 Å². The lowest BCUT2D eigenvalue weighted by Gasteiger charge is -2.28. The summed E-state index contributed by atoms with van der Waals surface area (Å²) in [6, 6.07) is 10.5. The summed E-state index contributed by atoms with van der Waals surface area (Å²) < 4.78 is 44.8. The fraction of sp³-hybridized carbons (Fsp3) is 0.250. The van der Waals surface area contributed by atoms with Gasteiger partial charge in [-0.3, -0.25) is 4.98 Å². The van der Waals surface area contributed by atoms with Crippen LogP contribution in [0.1, 0.15) is 5.56 Å². The van der Waals surface area contributed by atoms with Gasteiger partial charge in [-0.1, -0.05) is 12.1 Å². The number of ether oxygens (including phenoxy) is 1. The third-order valence-electron chi connectivity index (χ3n) is 4.45. The van der Waals surface area contributed by atoms with Crippen LogP contribution in [0.3, 0.4) is 0 Å². The molecule has 0 saturated carbocycles. The molecule has 3 heterocycles. The number of hydrogen-bond acceptors (Lipinski definition) is 5. The van der Waals surface area contributed by atoms with Crippen LogP contribution in [0.15, 0.2) is 54.9 Å². The Morgan fingerprint density at radius 1 is 0.929 bits per heavy atom. The maximum absolute atomic E-state index is 13.1. The van der Waals surface area contributed by atoms with Gasteiger partial charge in [0.2, 0.25) is 0 Å². The van der Waals surface area contributed by atoms with Gasteiger partial charge in [0.05, 0.1) is 24.5 Å². The van der Waals surface area contributed by atoms with E-state index in [1.807, 2.05) is 11.0 Å². The summed E-state index contributed by atoms with van der Waals surface area (Å²) in [5.41, 5.74) is 0.809. The summed E-state index contributed by atoms with van der Waals surface area (Å²) in [4.78, 5) is 15.3. The summed E-state index contributed by atoms with van der Waals surface area (Å²) in [5.74, 6) is 1.08. The first-order valence-electron chi connectivity index (χ1n) is 8.80. The van der Waals surface area contributed by atoms with Crippen molar-refractivity contribution in [1.82, 2.24) is 15.0 Å². The lowest BCUT2D eigenvalue weighted by molar-refractivity contribution is -0.137. The van der Waals surface area contributed by atoms with E-state index in [9.17, 15) is 13.2 Å². The molecule has 0 amide bonds. The number of morpholine rings is 1. The van der Waals surface area contributed by atoms with E-state index < -0.39 is 11.7 Å². The van der Waals surface area contributed by atoms with Crippen molar-refractivity contribution in [2.75, 3.05) is 31.2 Å². The summed E-state index contributed by atoms with van der Waals surface area (Å²) in [6.45, 7) is 2.47. The number of pyridine rings is 1. The third kappa shape index (κ3) is 3.96. The van der Waals surface area contributed by atoms with Gasteiger partial charge in [-0.15, -0.1) is 0 Å². The van der Waals surface area contributed by atoms with Crippen molar-refractivity contribution in [2.24, 2.45) is 0 Å².